The minimum Gasteiger partial charge on any atom is -0.493 e. The summed E-state index contributed by atoms with van der Waals surface area (Å²) in [7, 11) is 3.25. The molecule has 1 unspecified atom stereocenters. The van der Waals surface area contributed by atoms with Crippen molar-refractivity contribution < 1.29 is 23.7 Å². The number of carbonyl (C=O) groups is 1. The molecular formula is C29H36O5. The highest BCUT2D eigenvalue weighted by Crippen LogP contribution is 2.35. The number of hydrogen-bond acceptors (Lipinski definition) is 5. The minimum absolute atomic E-state index is 0.0520. The van der Waals surface area contributed by atoms with Gasteiger partial charge in [-0.3, -0.25) is 4.79 Å². The van der Waals surface area contributed by atoms with E-state index in [0.29, 0.717) is 28.9 Å². The van der Waals surface area contributed by atoms with Crippen molar-refractivity contribution in [3.05, 3.63) is 58.7 Å². The van der Waals surface area contributed by atoms with E-state index in [0.717, 1.165) is 35.1 Å². The van der Waals surface area contributed by atoms with E-state index >= 15 is 0 Å². The van der Waals surface area contributed by atoms with Crippen molar-refractivity contribution in [1.29, 1.82) is 0 Å². The molecular weight excluding hydrogens is 428 g/mol. The molecule has 34 heavy (non-hydrogen) atoms. The van der Waals surface area contributed by atoms with Crippen LogP contribution in [-0.4, -0.2) is 32.2 Å². The van der Waals surface area contributed by atoms with Crippen LogP contribution in [0.25, 0.3) is 12.2 Å². The summed E-state index contributed by atoms with van der Waals surface area (Å²) in [6.07, 6.45) is 5.52. The van der Waals surface area contributed by atoms with Gasteiger partial charge < -0.3 is 18.9 Å². The van der Waals surface area contributed by atoms with Gasteiger partial charge in [0.05, 0.1) is 26.4 Å². The zero-order valence-electron chi connectivity index (χ0n) is 21.3. The van der Waals surface area contributed by atoms with Gasteiger partial charge in [-0.1, -0.05) is 19.1 Å². The summed E-state index contributed by atoms with van der Waals surface area (Å²) in [6.45, 7) is 10.1. The van der Waals surface area contributed by atoms with Gasteiger partial charge in [-0.15, -0.1) is 0 Å². The highest BCUT2D eigenvalue weighted by molar-refractivity contribution is 6.14. The molecule has 2 aromatic carbocycles. The Morgan fingerprint density at radius 2 is 1.15 bits per heavy atom. The second kappa shape index (κ2) is 11.3. The van der Waals surface area contributed by atoms with Crippen LogP contribution in [0, 0.1) is 5.92 Å². The van der Waals surface area contributed by atoms with E-state index in [4.69, 9.17) is 18.9 Å². The third-order valence-electron chi connectivity index (χ3n) is 5.50. The molecule has 0 saturated heterocycles. The van der Waals surface area contributed by atoms with E-state index in [1.807, 2.05) is 76.2 Å². The normalized spacial score (nSPS) is 18.6. The third kappa shape index (κ3) is 6.43. The number of carbonyl (C=O) groups excluding carboxylic acids is 1. The van der Waals surface area contributed by atoms with Crippen LogP contribution < -0.4 is 18.9 Å². The van der Waals surface area contributed by atoms with Crippen molar-refractivity contribution in [2.45, 2.75) is 59.7 Å². The number of rotatable bonds is 8. The van der Waals surface area contributed by atoms with Gasteiger partial charge in [-0.25, -0.2) is 0 Å². The SMILES string of the molecule is COc1cc(/C=C2/CC(C)C/C(=C\c3ccc(OC(C)C)c(OC)c3)C2=O)ccc1OC(C)C. The van der Waals surface area contributed by atoms with Crippen LogP contribution in [0.2, 0.25) is 0 Å². The van der Waals surface area contributed by atoms with Gasteiger partial charge in [0.2, 0.25) is 0 Å². The van der Waals surface area contributed by atoms with Crippen LogP contribution in [0.15, 0.2) is 47.5 Å². The molecule has 0 aliphatic heterocycles. The first-order chi connectivity index (χ1) is 16.2. The average Bonchev–Trinajstić information content (AvgIpc) is 2.78. The van der Waals surface area contributed by atoms with Gasteiger partial charge in [-0.05, 0) is 94.0 Å². The molecule has 0 amide bonds. The molecule has 182 valence electrons. The monoisotopic (exact) mass is 464 g/mol. The average molecular weight is 465 g/mol. The Kier molecular flexibility index (Phi) is 8.43. The molecule has 5 nitrogen and oxygen atoms in total. The predicted octanol–water partition coefficient (Wildman–Crippen LogP) is 6.74. The molecule has 1 aliphatic carbocycles. The lowest BCUT2D eigenvalue weighted by Crippen LogP contribution is -2.18. The van der Waals surface area contributed by atoms with E-state index in [1.54, 1.807) is 14.2 Å². The number of methoxy groups -OCH3 is 2. The van der Waals surface area contributed by atoms with Gasteiger partial charge in [0.1, 0.15) is 0 Å². The number of ether oxygens (including phenoxy) is 4. The molecule has 0 N–H and O–H groups in total. The van der Waals surface area contributed by atoms with E-state index in [1.165, 1.54) is 0 Å². The molecule has 1 fully saturated rings. The number of ketones is 1. The van der Waals surface area contributed by atoms with Crippen molar-refractivity contribution in [1.82, 2.24) is 0 Å². The van der Waals surface area contributed by atoms with Gasteiger partial charge in [-0.2, -0.15) is 0 Å². The maximum absolute atomic E-state index is 13.4. The fourth-order valence-electron chi connectivity index (χ4n) is 4.12. The molecule has 3 rings (SSSR count). The zero-order chi connectivity index (χ0) is 24.8. The van der Waals surface area contributed by atoms with Crippen LogP contribution in [-0.2, 0) is 4.79 Å². The van der Waals surface area contributed by atoms with E-state index in [-0.39, 0.29) is 18.0 Å². The summed E-state index contributed by atoms with van der Waals surface area (Å²) in [5, 5.41) is 0. The zero-order valence-corrected chi connectivity index (χ0v) is 21.3. The molecule has 1 aliphatic rings. The third-order valence-corrected chi connectivity index (χ3v) is 5.50. The predicted molar refractivity (Wildman–Crippen MR) is 137 cm³/mol. The Balaban J connectivity index is 1.90. The highest BCUT2D eigenvalue weighted by Gasteiger charge is 2.25. The molecule has 0 radical (unpaired) electrons. The van der Waals surface area contributed by atoms with Crippen LogP contribution >= 0.6 is 0 Å². The maximum Gasteiger partial charge on any atom is 0.185 e. The topological polar surface area (TPSA) is 54.0 Å². The van der Waals surface area contributed by atoms with E-state index < -0.39 is 0 Å². The Bertz CT molecular complexity index is 994. The Hall–Kier alpha value is -3.21. The molecule has 5 heteroatoms. The molecule has 0 heterocycles. The van der Waals surface area contributed by atoms with Gasteiger partial charge in [0.15, 0.2) is 28.8 Å². The summed E-state index contributed by atoms with van der Waals surface area (Å²) < 4.78 is 22.6. The first-order valence-corrected chi connectivity index (χ1v) is 11.8. The van der Waals surface area contributed by atoms with Crippen molar-refractivity contribution >= 4 is 17.9 Å². The number of Topliss-reactive ketones (excluding diaryl/α,β-unsaturated/α-hetero) is 1. The Morgan fingerprint density at radius 3 is 1.50 bits per heavy atom. The summed E-state index contributed by atoms with van der Waals surface area (Å²) in [5.74, 6) is 3.16. The fourth-order valence-corrected chi connectivity index (χ4v) is 4.12. The number of benzene rings is 2. The Morgan fingerprint density at radius 1 is 0.735 bits per heavy atom. The van der Waals surface area contributed by atoms with Crippen LogP contribution in [0.4, 0.5) is 0 Å². The van der Waals surface area contributed by atoms with Crippen LogP contribution in [0.3, 0.4) is 0 Å². The first kappa shape index (κ1) is 25.4. The molecule has 1 saturated carbocycles. The van der Waals surface area contributed by atoms with Crippen molar-refractivity contribution in [2.24, 2.45) is 5.92 Å². The maximum atomic E-state index is 13.4. The van der Waals surface area contributed by atoms with Gasteiger partial charge >= 0.3 is 0 Å². The fraction of sp³-hybridized carbons (Fsp3) is 0.414. The highest BCUT2D eigenvalue weighted by atomic mass is 16.5. The standard InChI is InChI=1S/C29H36O5/c1-18(2)33-25-10-8-21(16-27(25)31-6)14-23-12-20(5)13-24(29(23)30)15-22-9-11-26(34-19(3)4)28(17-22)32-7/h8-11,14-20H,12-13H2,1-7H3/b23-14-,24-15+. The smallest absolute Gasteiger partial charge is 0.185 e. The van der Waals surface area contributed by atoms with Crippen LogP contribution in [0.5, 0.6) is 23.0 Å². The molecule has 0 aromatic heterocycles. The largest absolute Gasteiger partial charge is 0.493 e. The van der Waals surface area contributed by atoms with E-state index in [9.17, 15) is 4.79 Å². The minimum atomic E-state index is 0.0520. The quantitative estimate of drug-likeness (QED) is 0.405. The van der Waals surface area contributed by atoms with Crippen molar-refractivity contribution in [3.8, 4) is 23.0 Å². The number of allylic oxidation sites excluding steroid dienone is 2. The van der Waals surface area contributed by atoms with Crippen molar-refractivity contribution in [3.63, 3.8) is 0 Å². The second-order valence-electron chi connectivity index (χ2n) is 9.34. The molecule has 0 bridgehead atoms. The first-order valence-electron chi connectivity index (χ1n) is 11.8. The van der Waals surface area contributed by atoms with Gasteiger partial charge in [0.25, 0.3) is 0 Å². The summed E-state index contributed by atoms with van der Waals surface area (Å²) in [6, 6.07) is 11.5. The van der Waals surface area contributed by atoms with Gasteiger partial charge in [0, 0.05) is 11.1 Å². The summed E-state index contributed by atoms with van der Waals surface area (Å²) in [4.78, 5) is 13.4. The van der Waals surface area contributed by atoms with Crippen LogP contribution in [0.1, 0.15) is 58.6 Å². The summed E-state index contributed by atoms with van der Waals surface area (Å²) in [5.41, 5.74) is 3.44. The lowest BCUT2D eigenvalue weighted by atomic mass is 9.81. The number of hydrogen-bond donors (Lipinski definition) is 0. The van der Waals surface area contributed by atoms with E-state index in [2.05, 4.69) is 6.92 Å². The lowest BCUT2D eigenvalue weighted by Gasteiger charge is -2.23. The molecule has 0 spiro atoms. The molecule has 2 aromatic rings. The van der Waals surface area contributed by atoms with Crippen molar-refractivity contribution in [2.75, 3.05) is 14.2 Å². The molecule has 1 atom stereocenters. The summed E-state index contributed by atoms with van der Waals surface area (Å²) >= 11 is 0. The lowest BCUT2D eigenvalue weighted by molar-refractivity contribution is -0.113. The second-order valence-corrected chi connectivity index (χ2v) is 9.34. The Labute approximate surface area is 203 Å².